The molecule has 0 aliphatic heterocycles. The highest BCUT2D eigenvalue weighted by molar-refractivity contribution is 7.12. The van der Waals surface area contributed by atoms with Gasteiger partial charge in [-0.25, -0.2) is 9.18 Å². The van der Waals surface area contributed by atoms with Gasteiger partial charge in [-0.3, -0.25) is 0 Å². The first-order valence-electron chi connectivity index (χ1n) is 6.29. The van der Waals surface area contributed by atoms with E-state index in [1.165, 1.54) is 7.11 Å². The van der Waals surface area contributed by atoms with Crippen molar-refractivity contribution >= 4 is 51.4 Å². The predicted molar refractivity (Wildman–Crippen MR) is 86.7 cm³/mol. The summed E-state index contributed by atoms with van der Waals surface area (Å²) in [5, 5.41) is 3.53. The van der Waals surface area contributed by atoms with E-state index in [0.29, 0.717) is 15.6 Å². The molecule has 7 heteroatoms. The quantitative estimate of drug-likeness (QED) is 0.618. The van der Waals surface area contributed by atoms with Gasteiger partial charge in [0, 0.05) is 22.2 Å². The highest BCUT2D eigenvalue weighted by Crippen LogP contribution is 2.30. The van der Waals surface area contributed by atoms with Crippen molar-refractivity contribution in [2.24, 2.45) is 0 Å². The Morgan fingerprint density at radius 2 is 2.18 bits per heavy atom. The lowest BCUT2D eigenvalue weighted by Gasteiger charge is -2.06. The molecular formula is C15H10Cl2FNO2S. The Labute approximate surface area is 139 Å². The van der Waals surface area contributed by atoms with E-state index < -0.39 is 11.8 Å². The third-order valence-electron chi connectivity index (χ3n) is 3.29. The van der Waals surface area contributed by atoms with Gasteiger partial charge in [0.25, 0.3) is 0 Å². The van der Waals surface area contributed by atoms with E-state index in [9.17, 15) is 9.18 Å². The van der Waals surface area contributed by atoms with Crippen molar-refractivity contribution in [1.82, 2.24) is 4.57 Å². The fourth-order valence-electron chi connectivity index (χ4n) is 2.29. The first-order chi connectivity index (χ1) is 10.5. The van der Waals surface area contributed by atoms with Crippen LogP contribution >= 0.6 is 34.5 Å². The maximum absolute atomic E-state index is 14.3. The average molecular weight is 358 g/mol. The monoisotopic (exact) mass is 357 g/mol. The first kappa shape index (κ1) is 15.3. The molecule has 0 atom stereocenters. The number of hydrogen-bond donors (Lipinski definition) is 0. The third-order valence-corrected chi connectivity index (χ3v) is 4.78. The fraction of sp³-hybridized carbons (Fsp3) is 0.133. The molecule has 3 aromatic rings. The molecule has 0 radical (unpaired) electrons. The van der Waals surface area contributed by atoms with E-state index in [1.807, 2.05) is 16.8 Å². The Morgan fingerprint density at radius 3 is 2.91 bits per heavy atom. The predicted octanol–water partition coefficient (Wildman–Crippen LogP) is 4.98. The van der Waals surface area contributed by atoms with Crippen LogP contribution < -0.4 is 0 Å². The molecule has 2 aromatic heterocycles. The van der Waals surface area contributed by atoms with Gasteiger partial charge in [0.1, 0.15) is 4.88 Å². The molecule has 3 nitrogen and oxygen atoms in total. The molecule has 3 rings (SSSR count). The van der Waals surface area contributed by atoms with Crippen LogP contribution in [-0.2, 0) is 11.3 Å². The summed E-state index contributed by atoms with van der Waals surface area (Å²) in [6.45, 7) is 0.268. The topological polar surface area (TPSA) is 31.2 Å². The van der Waals surface area contributed by atoms with Crippen molar-refractivity contribution < 1.29 is 13.9 Å². The average Bonchev–Trinajstić information content (AvgIpc) is 3.03. The second-order valence-electron chi connectivity index (χ2n) is 4.66. The summed E-state index contributed by atoms with van der Waals surface area (Å²) in [5.41, 5.74) is 1.19. The number of fused-ring (bicyclic) bond motifs is 1. The molecule has 0 unspecified atom stereocenters. The van der Waals surface area contributed by atoms with Crippen molar-refractivity contribution in [2.45, 2.75) is 6.54 Å². The van der Waals surface area contributed by atoms with Crippen LogP contribution in [0.3, 0.4) is 0 Å². The molecule has 0 aliphatic carbocycles. The maximum atomic E-state index is 14.3. The van der Waals surface area contributed by atoms with Gasteiger partial charge in [-0.1, -0.05) is 23.2 Å². The standard InChI is InChI=1S/C15H10Cl2FNO2S/c1-21-15(20)14-12(18)9(7-22-14)6-19-3-2-8-4-10(16)5-11(17)13(8)19/h2-5,7H,6H2,1H3. The number of hydrogen-bond acceptors (Lipinski definition) is 3. The van der Waals surface area contributed by atoms with Crippen LogP contribution in [0.2, 0.25) is 10.0 Å². The lowest BCUT2D eigenvalue weighted by Crippen LogP contribution is -2.03. The van der Waals surface area contributed by atoms with Crippen molar-refractivity contribution in [3.8, 4) is 0 Å². The van der Waals surface area contributed by atoms with Crippen molar-refractivity contribution in [3.63, 3.8) is 0 Å². The molecule has 1 aromatic carbocycles. The zero-order valence-electron chi connectivity index (χ0n) is 11.4. The van der Waals surface area contributed by atoms with E-state index >= 15 is 0 Å². The van der Waals surface area contributed by atoms with Gasteiger partial charge < -0.3 is 9.30 Å². The molecule has 0 spiro atoms. The zero-order valence-corrected chi connectivity index (χ0v) is 13.7. The Balaban J connectivity index is 2.01. The smallest absolute Gasteiger partial charge is 0.351 e. The summed E-state index contributed by atoms with van der Waals surface area (Å²) < 4.78 is 20.6. The van der Waals surface area contributed by atoms with Crippen LogP contribution in [0.1, 0.15) is 15.2 Å². The molecule has 0 amide bonds. The Hall–Kier alpha value is -1.56. The number of thiophene rings is 1. The van der Waals surface area contributed by atoms with Crippen LogP contribution in [-0.4, -0.2) is 17.6 Å². The Bertz CT molecular complexity index is 872. The molecule has 0 bridgehead atoms. The molecule has 0 fully saturated rings. The van der Waals surface area contributed by atoms with Gasteiger partial charge in [-0.15, -0.1) is 11.3 Å². The summed E-state index contributed by atoms with van der Waals surface area (Å²) in [6.07, 6.45) is 1.81. The van der Waals surface area contributed by atoms with Crippen LogP contribution in [0.15, 0.2) is 29.8 Å². The van der Waals surface area contributed by atoms with Crippen molar-refractivity contribution in [1.29, 1.82) is 0 Å². The van der Waals surface area contributed by atoms with Gasteiger partial charge in [0.05, 0.1) is 24.2 Å². The lowest BCUT2D eigenvalue weighted by molar-refractivity contribution is 0.0601. The molecular weight excluding hydrogens is 348 g/mol. The largest absolute Gasteiger partial charge is 0.465 e. The lowest BCUT2D eigenvalue weighted by atomic mass is 10.2. The number of nitrogens with zero attached hydrogens (tertiary/aromatic N) is 1. The summed E-state index contributed by atoms with van der Waals surface area (Å²) in [7, 11) is 1.23. The minimum absolute atomic E-state index is 0.0249. The van der Waals surface area contributed by atoms with Gasteiger partial charge in [-0.2, -0.15) is 0 Å². The number of methoxy groups -OCH3 is 1. The molecule has 0 N–H and O–H groups in total. The van der Waals surface area contributed by atoms with E-state index in [4.69, 9.17) is 23.2 Å². The van der Waals surface area contributed by atoms with Crippen LogP contribution in [0.5, 0.6) is 0 Å². The van der Waals surface area contributed by atoms with Crippen molar-refractivity contribution in [2.75, 3.05) is 7.11 Å². The SMILES string of the molecule is COC(=O)c1scc(Cn2ccc3cc(Cl)cc(Cl)c32)c1F. The number of ether oxygens (including phenoxy) is 1. The van der Waals surface area contributed by atoms with E-state index in [2.05, 4.69) is 4.74 Å². The number of aromatic nitrogens is 1. The Morgan fingerprint density at radius 1 is 1.41 bits per heavy atom. The number of carbonyl (C=O) groups is 1. The van der Waals surface area contributed by atoms with E-state index in [1.54, 1.807) is 17.5 Å². The summed E-state index contributed by atoms with van der Waals surface area (Å²) in [6, 6.07) is 5.30. The van der Waals surface area contributed by atoms with Gasteiger partial charge >= 0.3 is 5.97 Å². The minimum atomic E-state index is -0.670. The van der Waals surface area contributed by atoms with Crippen LogP contribution in [0.25, 0.3) is 10.9 Å². The number of esters is 1. The number of halogens is 3. The second kappa shape index (κ2) is 5.91. The Kier molecular flexibility index (Phi) is 4.12. The molecule has 2 heterocycles. The van der Waals surface area contributed by atoms with Gasteiger partial charge in [0.2, 0.25) is 0 Å². The maximum Gasteiger partial charge on any atom is 0.351 e. The normalized spacial score (nSPS) is 11.1. The second-order valence-corrected chi connectivity index (χ2v) is 6.39. The highest BCUT2D eigenvalue weighted by Gasteiger charge is 2.19. The summed E-state index contributed by atoms with van der Waals surface area (Å²) in [4.78, 5) is 11.4. The van der Waals surface area contributed by atoms with Gasteiger partial charge in [-0.05, 0) is 23.6 Å². The van der Waals surface area contributed by atoms with Crippen molar-refractivity contribution in [3.05, 3.63) is 56.1 Å². The summed E-state index contributed by atoms with van der Waals surface area (Å²) in [5.74, 6) is -1.22. The number of carbonyl (C=O) groups excluding carboxylic acids is 1. The molecule has 0 saturated carbocycles. The fourth-order valence-corrected chi connectivity index (χ4v) is 3.76. The van der Waals surface area contributed by atoms with E-state index in [-0.39, 0.29) is 11.4 Å². The minimum Gasteiger partial charge on any atom is -0.465 e. The van der Waals surface area contributed by atoms with Crippen LogP contribution in [0.4, 0.5) is 4.39 Å². The number of rotatable bonds is 3. The van der Waals surface area contributed by atoms with E-state index in [0.717, 1.165) is 22.2 Å². The molecule has 114 valence electrons. The molecule has 0 saturated heterocycles. The van der Waals surface area contributed by atoms with Gasteiger partial charge in [0.15, 0.2) is 5.82 Å². The summed E-state index contributed by atoms with van der Waals surface area (Å²) >= 11 is 13.2. The first-order valence-corrected chi connectivity index (χ1v) is 7.93. The van der Waals surface area contributed by atoms with Crippen LogP contribution in [0, 0.1) is 5.82 Å². The third kappa shape index (κ3) is 2.60. The highest BCUT2D eigenvalue weighted by atomic mass is 35.5. The number of benzene rings is 1. The zero-order chi connectivity index (χ0) is 15.9. The molecule has 22 heavy (non-hydrogen) atoms. The molecule has 0 aliphatic rings.